The Balaban J connectivity index is 4.01. The Labute approximate surface area is 68.6 Å². The number of rotatable bonds is 2. The fourth-order valence-corrected chi connectivity index (χ4v) is 3.46. The molecule has 0 N–H and O–H groups in total. The van der Waals surface area contributed by atoms with Gasteiger partial charge in [-0.25, -0.2) is 0 Å². The molecule has 56 valence electrons. The van der Waals surface area contributed by atoms with E-state index in [2.05, 4.69) is 27.7 Å². The van der Waals surface area contributed by atoms with Crippen LogP contribution in [0.4, 0.5) is 0 Å². The zero-order valence-corrected chi connectivity index (χ0v) is 10.0. The Hall–Kier alpha value is 1.12. The second kappa shape index (κ2) is 3.50. The summed E-state index contributed by atoms with van der Waals surface area (Å²) in [5, 5.41) is 0. The normalized spacial score (nSPS) is 13.3. The van der Waals surface area contributed by atoms with Crippen LogP contribution in [0.15, 0.2) is 0 Å². The predicted octanol–water partition coefficient (Wildman–Crippen LogP) is 3.73. The standard InChI is InChI=1S/C6H14Cl2Ge/c1-5(2)9(7,8)6(3)4/h5-6H,1-4H3. The van der Waals surface area contributed by atoms with E-state index in [-0.39, 0.29) is 0 Å². The van der Waals surface area contributed by atoms with Crippen LogP contribution >= 0.6 is 20.0 Å². The summed E-state index contributed by atoms with van der Waals surface area (Å²) in [5.41, 5.74) is 0. The Morgan fingerprint density at radius 1 is 0.889 bits per heavy atom. The molecule has 0 aliphatic rings. The van der Waals surface area contributed by atoms with Crippen LogP contribution < -0.4 is 0 Å². The molecule has 3 heteroatoms. The van der Waals surface area contributed by atoms with Gasteiger partial charge in [-0.05, 0) is 0 Å². The van der Waals surface area contributed by atoms with Gasteiger partial charge in [-0.3, -0.25) is 0 Å². The predicted molar refractivity (Wildman–Crippen MR) is 47.7 cm³/mol. The average Bonchev–Trinajstić information content (AvgIpc) is 1.65. The molecule has 0 aliphatic carbocycles. The van der Waals surface area contributed by atoms with E-state index in [1.165, 1.54) is 0 Å². The van der Waals surface area contributed by atoms with Gasteiger partial charge in [-0.15, -0.1) is 0 Å². The first-order valence-electron chi connectivity index (χ1n) is 3.26. The van der Waals surface area contributed by atoms with E-state index in [4.69, 9.17) is 20.0 Å². The zero-order chi connectivity index (χ0) is 7.65. The van der Waals surface area contributed by atoms with Crippen molar-refractivity contribution in [1.29, 1.82) is 0 Å². The van der Waals surface area contributed by atoms with E-state index in [9.17, 15) is 0 Å². The first-order chi connectivity index (χ1) is 3.89. The molecule has 0 aromatic heterocycles. The molecule has 0 radical (unpaired) electrons. The zero-order valence-electron chi connectivity index (χ0n) is 6.41. The van der Waals surface area contributed by atoms with E-state index in [1.54, 1.807) is 0 Å². The summed E-state index contributed by atoms with van der Waals surface area (Å²) in [7, 11) is 12.3. The fourth-order valence-electron chi connectivity index (χ4n) is 0.667. The Morgan fingerprint density at radius 2 is 1.11 bits per heavy atom. The quantitative estimate of drug-likeness (QED) is 0.633. The van der Waals surface area contributed by atoms with Crippen molar-refractivity contribution in [1.82, 2.24) is 0 Å². The molecule has 0 unspecified atom stereocenters. The van der Waals surface area contributed by atoms with Crippen LogP contribution in [0.2, 0.25) is 9.50 Å². The van der Waals surface area contributed by atoms with Crippen molar-refractivity contribution in [2.75, 3.05) is 0 Å². The van der Waals surface area contributed by atoms with Gasteiger partial charge in [0.1, 0.15) is 0 Å². The van der Waals surface area contributed by atoms with Gasteiger partial charge in [0.05, 0.1) is 0 Å². The van der Waals surface area contributed by atoms with Crippen LogP contribution in [-0.2, 0) is 0 Å². The molecule has 0 amide bonds. The average molecular weight is 230 g/mol. The molecule has 0 atom stereocenters. The third-order valence-corrected chi connectivity index (χ3v) is 17.1. The molecule has 0 nitrogen and oxygen atoms in total. The van der Waals surface area contributed by atoms with Crippen LogP contribution in [0.1, 0.15) is 27.7 Å². The number of hydrogen-bond acceptors (Lipinski definition) is 0. The monoisotopic (exact) mass is 230 g/mol. The van der Waals surface area contributed by atoms with Crippen molar-refractivity contribution in [3.8, 4) is 0 Å². The van der Waals surface area contributed by atoms with Crippen molar-refractivity contribution >= 4 is 31.4 Å². The van der Waals surface area contributed by atoms with Crippen LogP contribution in [0, 0.1) is 0 Å². The molecule has 0 aromatic carbocycles. The van der Waals surface area contributed by atoms with Gasteiger partial charge in [0.15, 0.2) is 0 Å². The van der Waals surface area contributed by atoms with Crippen LogP contribution in [0.5, 0.6) is 0 Å². The molecule has 0 saturated heterocycles. The van der Waals surface area contributed by atoms with E-state index >= 15 is 0 Å². The maximum atomic E-state index is 6.16. The van der Waals surface area contributed by atoms with Gasteiger partial charge in [0, 0.05) is 0 Å². The summed E-state index contributed by atoms with van der Waals surface area (Å²) in [6.07, 6.45) is 0. The summed E-state index contributed by atoms with van der Waals surface area (Å²) in [6.45, 7) is 8.44. The van der Waals surface area contributed by atoms with Crippen molar-refractivity contribution in [3.05, 3.63) is 0 Å². The van der Waals surface area contributed by atoms with Crippen molar-refractivity contribution in [2.45, 2.75) is 37.2 Å². The minimum absolute atomic E-state index is 0.508. The maximum absolute atomic E-state index is 6.16. The summed E-state index contributed by atoms with van der Waals surface area (Å²) in [5.74, 6) is 0. The van der Waals surface area contributed by atoms with Gasteiger partial charge >= 0.3 is 68.6 Å². The van der Waals surface area contributed by atoms with Gasteiger partial charge in [0.25, 0.3) is 0 Å². The second-order valence-electron chi connectivity index (χ2n) is 2.98. The summed E-state index contributed by atoms with van der Waals surface area (Å²) < 4.78 is 1.02. The molecule has 0 spiro atoms. The van der Waals surface area contributed by atoms with Crippen LogP contribution in [0.25, 0.3) is 0 Å². The van der Waals surface area contributed by atoms with Crippen LogP contribution in [0.3, 0.4) is 0 Å². The molecule has 9 heavy (non-hydrogen) atoms. The molecule has 0 rings (SSSR count). The SMILES string of the molecule is C[CH](C)[Ge]([Cl])([Cl])[CH](C)C. The van der Waals surface area contributed by atoms with Crippen LogP contribution in [-0.4, -0.2) is 11.4 Å². The minimum atomic E-state index is -2.39. The third-order valence-electron chi connectivity index (χ3n) is 1.54. The molecule has 0 bridgehead atoms. The fraction of sp³-hybridized carbons (Fsp3) is 1.00. The summed E-state index contributed by atoms with van der Waals surface area (Å²) >= 11 is -2.39. The van der Waals surface area contributed by atoms with E-state index in [0.29, 0.717) is 9.50 Å². The molecule has 0 saturated carbocycles. The van der Waals surface area contributed by atoms with Gasteiger partial charge < -0.3 is 0 Å². The van der Waals surface area contributed by atoms with E-state index < -0.39 is 11.4 Å². The van der Waals surface area contributed by atoms with Gasteiger partial charge in [0.2, 0.25) is 0 Å². The molecule has 0 heterocycles. The third kappa shape index (κ3) is 2.69. The summed E-state index contributed by atoms with van der Waals surface area (Å²) in [4.78, 5) is 0. The summed E-state index contributed by atoms with van der Waals surface area (Å²) in [6, 6.07) is 0. The second-order valence-corrected chi connectivity index (χ2v) is 18.2. The molecule has 0 fully saturated rings. The van der Waals surface area contributed by atoms with E-state index in [1.807, 2.05) is 0 Å². The first kappa shape index (κ1) is 10.1. The molecular formula is C6H14Cl2Ge. The Kier molecular flexibility index (Phi) is 3.93. The van der Waals surface area contributed by atoms with Gasteiger partial charge in [-0.2, -0.15) is 0 Å². The van der Waals surface area contributed by atoms with Crippen molar-refractivity contribution in [3.63, 3.8) is 0 Å². The number of hydrogen-bond donors (Lipinski definition) is 0. The molecule has 0 aliphatic heterocycles. The topological polar surface area (TPSA) is 0 Å². The Bertz CT molecular complexity index is 79.1. The van der Waals surface area contributed by atoms with Crippen molar-refractivity contribution in [2.24, 2.45) is 0 Å². The molecular weight excluding hydrogens is 216 g/mol. The molecule has 0 aromatic rings. The van der Waals surface area contributed by atoms with E-state index in [0.717, 1.165) is 0 Å². The van der Waals surface area contributed by atoms with Gasteiger partial charge in [-0.1, -0.05) is 0 Å². The first-order valence-corrected chi connectivity index (χ1v) is 11.2. The Morgan fingerprint density at radius 3 is 1.11 bits per heavy atom. The number of halogens is 2. The van der Waals surface area contributed by atoms with Crippen molar-refractivity contribution < 1.29 is 0 Å².